The molecule has 1 atom stereocenters. The molecule has 1 aliphatic carbocycles. The molecule has 1 aliphatic heterocycles. The molecule has 2 fully saturated rings. The summed E-state index contributed by atoms with van der Waals surface area (Å²) in [6, 6.07) is 7.71. The zero-order chi connectivity index (χ0) is 15.2. The molecule has 2 heterocycles. The second-order valence-electron chi connectivity index (χ2n) is 6.46. The highest BCUT2D eigenvalue weighted by Crippen LogP contribution is 2.45. The summed E-state index contributed by atoms with van der Waals surface area (Å²) in [5, 5.41) is 19.9. The molecule has 1 amide bonds. The number of nitrogens with zero attached hydrogens (tertiary/aromatic N) is 3. The van der Waals surface area contributed by atoms with Crippen LogP contribution in [0.5, 0.6) is 0 Å². The van der Waals surface area contributed by atoms with Gasteiger partial charge in [0, 0.05) is 22.9 Å². The van der Waals surface area contributed by atoms with E-state index < -0.39 is 0 Å². The van der Waals surface area contributed by atoms with E-state index in [0.717, 1.165) is 30.0 Å². The zero-order valence-corrected chi connectivity index (χ0v) is 12.4. The Morgan fingerprint density at radius 3 is 2.91 bits per heavy atom. The van der Waals surface area contributed by atoms with Crippen molar-refractivity contribution in [1.82, 2.24) is 15.1 Å². The smallest absolute Gasteiger partial charge is 0.275 e. The van der Waals surface area contributed by atoms with Crippen LogP contribution in [0.1, 0.15) is 42.6 Å². The lowest BCUT2D eigenvalue weighted by Crippen LogP contribution is -2.61. The second kappa shape index (κ2) is 5.02. The van der Waals surface area contributed by atoms with E-state index in [1.165, 1.54) is 0 Å². The molecule has 2 aromatic rings. The normalized spacial score (nSPS) is 23.5. The number of aromatic nitrogens is 2. The van der Waals surface area contributed by atoms with Crippen molar-refractivity contribution in [2.75, 3.05) is 6.54 Å². The number of hydrogen-bond acceptors (Lipinski definition) is 4. The SMILES string of the molecule is O=C(c1nncc2ccccc12)N1CCC(O)CC12CCC2. The third-order valence-electron chi connectivity index (χ3n) is 5.18. The van der Waals surface area contributed by atoms with Crippen LogP contribution < -0.4 is 0 Å². The Balaban J connectivity index is 1.74. The van der Waals surface area contributed by atoms with Crippen LogP contribution in [0.15, 0.2) is 30.5 Å². The summed E-state index contributed by atoms with van der Waals surface area (Å²) in [5.41, 5.74) is 0.272. The fraction of sp³-hybridized carbons (Fsp3) is 0.471. The lowest BCUT2D eigenvalue weighted by molar-refractivity contribution is -0.0486. The number of rotatable bonds is 1. The maximum atomic E-state index is 13.1. The highest BCUT2D eigenvalue weighted by molar-refractivity contribution is 6.05. The minimum Gasteiger partial charge on any atom is -0.393 e. The van der Waals surface area contributed by atoms with Crippen molar-refractivity contribution < 1.29 is 9.90 Å². The zero-order valence-electron chi connectivity index (χ0n) is 12.4. The third kappa shape index (κ3) is 2.00. The summed E-state index contributed by atoms with van der Waals surface area (Å²) in [6.07, 6.45) is 5.82. The van der Waals surface area contributed by atoms with Gasteiger partial charge in [0.1, 0.15) is 0 Å². The summed E-state index contributed by atoms with van der Waals surface area (Å²) in [5.74, 6) is -0.0455. The molecule has 1 saturated carbocycles. The largest absolute Gasteiger partial charge is 0.393 e. The number of likely N-dealkylation sites (tertiary alicyclic amines) is 1. The van der Waals surface area contributed by atoms with Gasteiger partial charge in [-0.3, -0.25) is 4.79 Å². The maximum Gasteiger partial charge on any atom is 0.275 e. The van der Waals surface area contributed by atoms with Crippen molar-refractivity contribution in [3.63, 3.8) is 0 Å². The first kappa shape index (κ1) is 13.6. The third-order valence-corrected chi connectivity index (χ3v) is 5.18. The van der Waals surface area contributed by atoms with Crippen LogP contribution >= 0.6 is 0 Å². The Hall–Kier alpha value is -2.01. The Bertz CT molecular complexity index is 721. The van der Waals surface area contributed by atoms with Crippen LogP contribution in [-0.4, -0.2) is 44.3 Å². The summed E-state index contributed by atoms with van der Waals surface area (Å²) in [4.78, 5) is 15.0. The van der Waals surface area contributed by atoms with Gasteiger partial charge in [-0.1, -0.05) is 24.3 Å². The van der Waals surface area contributed by atoms with Crippen LogP contribution in [0.25, 0.3) is 10.8 Å². The molecule has 1 aromatic carbocycles. The number of carbonyl (C=O) groups is 1. The Morgan fingerprint density at radius 2 is 2.14 bits per heavy atom. The molecule has 1 saturated heterocycles. The van der Waals surface area contributed by atoms with E-state index >= 15 is 0 Å². The second-order valence-corrected chi connectivity index (χ2v) is 6.46. The van der Waals surface area contributed by atoms with Gasteiger partial charge in [0.25, 0.3) is 5.91 Å². The van der Waals surface area contributed by atoms with E-state index in [9.17, 15) is 9.90 Å². The molecule has 5 nitrogen and oxygen atoms in total. The van der Waals surface area contributed by atoms with Gasteiger partial charge >= 0.3 is 0 Å². The predicted molar refractivity (Wildman–Crippen MR) is 82.4 cm³/mol. The number of piperidine rings is 1. The number of amides is 1. The molecule has 1 N–H and O–H groups in total. The highest BCUT2D eigenvalue weighted by atomic mass is 16.3. The van der Waals surface area contributed by atoms with E-state index in [2.05, 4.69) is 10.2 Å². The Kier molecular flexibility index (Phi) is 3.11. The van der Waals surface area contributed by atoms with Crippen molar-refractivity contribution in [2.45, 2.75) is 43.7 Å². The highest BCUT2D eigenvalue weighted by Gasteiger charge is 2.48. The van der Waals surface area contributed by atoms with E-state index in [4.69, 9.17) is 0 Å². The minimum absolute atomic E-state index is 0.0455. The molecular weight excluding hydrogens is 278 g/mol. The molecule has 0 radical (unpaired) electrons. The summed E-state index contributed by atoms with van der Waals surface area (Å²) >= 11 is 0. The fourth-order valence-corrected chi connectivity index (χ4v) is 3.86. The van der Waals surface area contributed by atoms with Gasteiger partial charge in [0.2, 0.25) is 0 Å². The first-order chi connectivity index (χ1) is 10.7. The van der Waals surface area contributed by atoms with Crippen molar-refractivity contribution in [3.8, 4) is 0 Å². The first-order valence-electron chi connectivity index (χ1n) is 7.90. The van der Waals surface area contributed by atoms with Gasteiger partial charge in [-0.05, 0) is 32.1 Å². The van der Waals surface area contributed by atoms with Crippen molar-refractivity contribution >= 4 is 16.7 Å². The Labute approximate surface area is 129 Å². The minimum atomic E-state index is -0.289. The molecule has 1 spiro atoms. The fourth-order valence-electron chi connectivity index (χ4n) is 3.86. The number of fused-ring (bicyclic) bond motifs is 1. The predicted octanol–water partition coefficient (Wildman–Crippen LogP) is 2.15. The summed E-state index contributed by atoms with van der Waals surface area (Å²) in [7, 11) is 0. The van der Waals surface area contributed by atoms with Crippen LogP contribution in [0, 0.1) is 0 Å². The number of aliphatic hydroxyl groups excluding tert-OH is 1. The van der Waals surface area contributed by atoms with E-state index in [0.29, 0.717) is 25.1 Å². The monoisotopic (exact) mass is 297 g/mol. The number of hydrogen-bond donors (Lipinski definition) is 1. The van der Waals surface area contributed by atoms with Gasteiger partial charge in [0.05, 0.1) is 12.3 Å². The average Bonchev–Trinajstić information content (AvgIpc) is 2.52. The summed E-state index contributed by atoms with van der Waals surface area (Å²) < 4.78 is 0. The van der Waals surface area contributed by atoms with Crippen molar-refractivity contribution in [2.24, 2.45) is 0 Å². The van der Waals surface area contributed by atoms with Gasteiger partial charge in [-0.2, -0.15) is 5.10 Å². The number of carbonyl (C=O) groups excluding carboxylic acids is 1. The average molecular weight is 297 g/mol. The number of aliphatic hydroxyl groups is 1. The Morgan fingerprint density at radius 1 is 1.32 bits per heavy atom. The molecular formula is C17H19N3O2. The van der Waals surface area contributed by atoms with Gasteiger partial charge in [0.15, 0.2) is 5.69 Å². The summed E-state index contributed by atoms with van der Waals surface area (Å²) in [6.45, 7) is 0.602. The van der Waals surface area contributed by atoms with Crippen LogP contribution in [0.2, 0.25) is 0 Å². The molecule has 0 bridgehead atoms. The first-order valence-corrected chi connectivity index (χ1v) is 7.90. The molecule has 1 aromatic heterocycles. The van der Waals surface area contributed by atoms with Crippen LogP contribution in [0.4, 0.5) is 0 Å². The molecule has 1 unspecified atom stereocenters. The molecule has 4 rings (SSSR count). The van der Waals surface area contributed by atoms with Crippen molar-refractivity contribution in [1.29, 1.82) is 0 Å². The molecule has 5 heteroatoms. The van der Waals surface area contributed by atoms with Gasteiger partial charge in [-0.15, -0.1) is 5.10 Å². The molecule has 2 aliphatic rings. The van der Waals surface area contributed by atoms with Crippen molar-refractivity contribution in [3.05, 3.63) is 36.2 Å². The van der Waals surface area contributed by atoms with E-state index in [-0.39, 0.29) is 17.6 Å². The lowest BCUT2D eigenvalue weighted by Gasteiger charge is -2.54. The van der Waals surface area contributed by atoms with Gasteiger partial charge < -0.3 is 10.0 Å². The van der Waals surface area contributed by atoms with Crippen LogP contribution in [-0.2, 0) is 0 Å². The number of benzene rings is 1. The maximum absolute atomic E-state index is 13.1. The van der Waals surface area contributed by atoms with E-state index in [1.807, 2.05) is 29.2 Å². The van der Waals surface area contributed by atoms with Gasteiger partial charge in [-0.25, -0.2) is 0 Å². The van der Waals surface area contributed by atoms with Crippen LogP contribution in [0.3, 0.4) is 0 Å². The topological polar surface area (TPSA) is 66.3 Å². The standard InChI is InChI=1S/C17H19N3O2/c21-13-6-9-20(17(10-13)7-3-8-17)16(22)15-14-5-2-1-4-12(14)11-18-19-15/h1-2,4-5,11,13,21H,3,6-10H2. The molecule has 114 valence electrons. The molecule has 22 heavy (non-hydrogen) atoms. The lowest BCUT2D eigenvalue weighted by atomic mass is 9.69. The quantitative estimate of drug-likeness (QED) is 0.876. The van der Waals surface area contributed by atoms with E-state index in [1.54, 1.807) is 6.20 Å².